The molecule has 1 aromatic carbocycles. The van der Waals surface area contributed by atoms with Gasteiger partial charge in [-0.25, -0.2) is 9.37 Å². The number of rotatable bonds is 3. The van der Waals surface area contributed by atoms with Crippen LogP contribution in [-0.4, -0.2) is 16.2 Å². The van der Waals surface area contributed by atoms with Gasteiger partial charge in [-0.2, -0.15) is 0 Å². The van der Waals surface area contributed by atoms with Crippen LogP contribution >= 0.6 is 0 Å². The summed E-state index contributed by atoms with van der Waals surface area (Å²) in [6.45, 7) is 2.46. The summed E-state index contributed by atoms with van der Waals surface area (Å²) in [5.74, 6) is 0.237. The van der Waals surface area contributed by atoms with Crippen molar-refractivity contribution >= 4 is 10.9 Å². The smallest absolute Gasteiger partial charge is 0.261 e. The average molecular weight is 331 g/mol. The van der Waals surface area contributed by atoms with E-state index in [0.717, 1.165) is 32.1 Å². The molecule has 0 bridgehead atoms. The first kappa shape index (κ1) is 15.7. The van der Waals surface area contributed by atoms with Crippen LogP contribution in [0.15, 0.2) is 16.9 Å². The topological polar surface area (TPSA) is 70.1 Å². The Labute approximate surface area is 139 Å². The quantitative estimate of drug-likeness (QED) is 0.938. The Kier molecular flexibility index (Phi) is 3.89. The molecule has 2 atom stereocenters. The van der Waals surface area contributed by atoms with E-state index < -0.39 is 11.9 Å². The van der Waals surface area contributed by atoms with Crippen molar-refractivity contribution in [2.45, 2.75) is 57.2 Å². The van der Waals surface area contributed by atoms with Crippen LogP contribution in [0.1, 0.15) is 68.6 Å². The van der Waals surface area contributed by atoms with Gasteiger partial charge in [0.15, 0.2) is 0 Å². The maximum atomic E-state index is 14.0. The molecule has 0 spiro atoms. The number of nitrogens with two attached hydrogens (primary N) is 1. The van der Waals surface area contributed by atoms with Crippen LogP contribution in [-0.2, 0) is 4.74 Å². The van der Waals surface area contributed by atoms with Gasteiger partial charge in [0.25, 0.3) is 5.56 Å². The summed E-state index contributed by atoms with van der Waals surface area (Å²) in [5.41, 5.74) is 6.90. The van der Waals surface area contributed by atoms with E-state index in [0.29, 0.717) is 28.9 Å². The first-order valence-corrected chi connectivity index (χ1v) is 8.69. The zero-order chi connectivity index (χ0) is 16.8. The van der Waals surface area contributed by atoms with Crippen molar-refractivity contribution in [2.75, 3.05) is 6.61 Å². The molecule has 4 rings (SSSR count). The lowest BCUT2D eigenvalue weighted by atomic mass is 10.0. The Morgan fingerprint density at radius 1 is 1.33 bits per heavy atom. The Morgan fingerprint density at radius 2 is 2.12 bits per heavy atom. The first-order chi connectivity index (χ1) is 11.6. The van der Waals surface area contributed by atoms with Gasteiger partial charge in [0.1, 0.15) is 17.7 Å². The van der Waals surface area contributed by atoms with Crippen molar-refractivity contribution in [3.05, 3.63) is 39.7 Å². The molecule has 1 saturated carbocycles. The Bertz CT molecular complexity index is 836. The van der Waals surface area contributed by atoms with E-state index in [1.165, 1.54) is 12.1 Å². The molecule has 0 amide bonds. The maximum absolute atomic E-state index is 14.0. The molecule has 2 aromatic rings. The third-order valence-corrected chi connectivity index (χ3v) is 4.90. The summed E-state index contributed by atoms with van der Waals surface area (Å²) in [6.07, 6.45) is 4.72. The molecule has 1 aliphatic carbocycles. The van der Waals surface area contributed by atoms with Crippen LogP contribution in [0.2, 0.25) is 0 Å². The molecule has 2 aliphatic rings. The minimum atomic E-state index is -0.447. The van der Waals surface area contributed by atoms with E-state index in [4.69, 9.17) is 15.5 Å². The average Bonchev–Trinajstić information content (AvgIpc) is 3.40. The first-order valence-electron chi connectivity index (χ1n) is 8.69. The molecule has 2 N–H and O–H groups in total. The molecule has 24 heavy (non-hydrogen) atoms. The summed E-state index contributed by atoms with van der Waals surface area (Å²) in [5, 5.41) is 0.314. The fourth-order valence-corrected chi connectivity index (χ4v) is 3.51. The molecular formula is C18H22FN3O2. The highest BCUT2D eigenvalue weighted by Crippen LogP contribution is 2.38. The number of halogens is 1. The number of fused-ring (bicyclic) bond motifs is 1. The lowest BCUT2D eigenvalue weighted by Crippen LogP contribution is -2.29. The predicted molar refractivity (Wildman–Crippen MR) is 89.4 cm³/mol. The van der Waals surface area contributed by atoms with Crippen molar-refractivity contribution in [1.82, 2.24) is 9.55 Å². The highest BCUT2D eigenvalue weighted by Gasteiger charge is 2.32. The number of hydrogen-bond acceptors (Lipinski definition) is 4. The Morgan fingerprint density at radius 3 is 2.75 bits per heavy atom. The number of nitrogens with zero attached hydrogens (tertiary/aromatic N) is 2. The van der Waals surface area contributed by atoms with Gasteiger partial charge in [-0.1, -0.05) is 0 Å². The highest BCUT2D eigenvalue weighted by molar-refractivity contribution is 5.81. The maximum Gasteiger partial charge on any atom is 0.261 e. The standard InChI is InChI=1S/C18H22FN3O2/c1-10(20)13-8-11(19)9-14-16(13)21-17(15-4-2-3-7-24-15)22(18(14)23)12-5-6-12/h8-10,12,15H,2-7,20H2,1H3/t10-,15+/m1/s1. The zero-order valence-corrected chi connectivity index (χ0v) is 13.8. The molecule has 0 unspecified atom stereocenters. The van der Waals surface area contributed by atoms with Crippen LogP contribution in [0.5, 0.6) is 0 Å². The van der Waals surface area contributed by atoms with Crippen molar-refractivity contribution in [2.24, 2.45) is 5.73 Å². The van der Waals surface area contributed by atoms with E-state index in [9.17, 15) is 9.18 Å². The summed E-state index contributed by atoms with van der Waals surface area (Å²) in [7, 11) is 0. The van der Waals surface area contributed by atoms with Crippen molar-refractivity contribution in [3.8, 4) is 0 Å². The van der Waals surface area contributed by atoms with Crippen molar-refractivity contribution in [1.29, 1.82) is 0 Å². The van der Waals surface area contributed by atoms with Crippen LogP contribution < -0.4 is 11.3 Å². The SMILES string of the molecule is C[C@@H](N)c1cc(F)cc2c(=O)n(C3CC3)c([C@@H]3CCCCO3)nc12. The van der Waals surface area contributed by atoms with Gasteiger partial charge >= 0.3 is 0 Å². The summed E-state index contributed by atoms with van der Waals surface area (Å²) in [4.78, 5) is 17.8. The third kappa shape index (κ3) is 2.63. The molecule has 0 radical (unpaired) electrons. The van der Waals surface area contributed by atoms with Gasteiger partial charge in [0, 0.05) is 18.7 Å². The lowest BCUT2D eigenvalue weighted by Gasteiger charge is -2.25. The number of aromatic nitrogens is 2. The third-order valence-electron chi connectivity index (χ3n) is 4.90. The van der Waals surface area contributed by atoms with E-state index in [1.807, 2.05) is 0 Å². The van der Waals surface area contributed by atoms with E-state index in [-0.39, 0.29) is 17.7 Å². The molecule has 1 saturated heterocycles. The normalized spacial score (nSPS) is 22.7. The summed E-state index contributed by atoms with van der Waals surface area (Å²) < 4.78 is 21.6. The fraction of sp³-hybridized carbons (Fsp3) is 0.556. The lowest BCUT2D eigenvalue weighted by molar-refractivity contribution is 0.00660. The second-order valence-electron chi connectivity index (χ2n) is 6.91. The molecule has 2 heterocycles. The fourth-order valence-electron chi connectivity index (χ4n) is 3.51. The van der Waals surface area contributed by atoms with Gasteiger partial charge in [0.2, 0.25) is 0 Å². The van der Waals surface area contributed by atoms with Crippen LogP contribution in [0.4, 0.5) is 4.39 Å². The molecular weight excluding hydrogens is 309 g/mol. The van der Waals surface area contributed by atoms with Crippen molar-refractivity contribution < 1.29 is 9.13 Å². The van der Waals surface area contributed by atoms with Crippen LogP contribution in [0.25, 0.3) is 10.9 Å². The minimum absolute atomic E-state index is 0.164. The largest absolute Gasteiger partial charge is 0.370 e. The molecule has 6 heteroatoms. The van der Waals surface area contributed by atoms with Gasteiger partial charge < -0.3 is 10.5 Å². The van der Waals surface area contributed by atoms with Crippen LogP contribution in [0.3, 0.4) is 0 Å². The Hall–Kier alpha value is -1.79. The second-order valence-corrected chi connectivity index (χ2v) is 6.91. The summed E-state index contributed by atoms with van der Waals surface area (Å²) in [6, 6.07) is 2.43. The Balaban J connectivity index is 1.99. The predicted octanol–water partition coefficient (Wildman–Crippen LogP) is 3.13. The molecule has 2 fully saturated rings. The van der Waals surface area contributed by atoms with Gasteiger partial charge in [-0.15, -0.1) is 0 Å². The summed E-state index contributed by atoms with van der Waals surface area (Å²) >= 11 is 0. The van der Waals surface area contributed by atoms with E-state index in [1.54, 1.807) is 11.5 Å². The number of benzene rings is 1. The second kappa shape index (κ2) is 5.93. The van der Waals surface area contributed by atoms with Gasteiger partial charge in [-0.3, -0.25) is 9.36 Å². The number of ether oxygens (including phenoxy) is 1. The molecule has 5 nitrogen and oxygen atoms in total. The molecule has 1 aliphatic heterocycles. The zero-order valence-electron chi connectivity index (χ0n) is 13.8. The minimum Gasteiger partial charge on any atom is -0.370 e. The number of hydrogen-bond donors (Lipinski definition) is 1. The van der Waals surface area contributed by atoms with Gasteiger partial charge in [0.05, 0.1) is 10.9 Å². The van der Waals surface area contributed by atoms with Crippen molar-refractivity contribution in [3.63, 3.8) is 0 Å². The highest BCUT2D eigenvalue weighted by atomic mass is 19.1. The van der Waals surface area contributed by atoms with Gasteiger partial charge in [-0.05, 0) is 56.7 Å². The van der Waals surface area contributed by atoms with E-state index in [2.05, 4.69) is 0 Å². The molecule has 128 valence electrons. The molecule has 1 aromatic heterocycles. The van der Waals surface area contributed by atoms with Crippen LogP contribution in [0, 0.1) is 5.82 Å². The van der Waals surface area contributed by atoms with E-state index >= 15 is 0 Å². The monoisotopic (exact) mass is 331 g/mol.